The highest BCUT2D eigenvalue weighted by molar-refractivity contribution is 5.57. The second kappa shape index (κ2) is 7.22. The van der Waals surface area contributed by atoms with Crippen LogP contribution in [0.5, 0.6) is 17.2 Å². The van der Waals surface area contributed by atoms with E-state index in [-0.39, 0.29) is 0 Å². The van der Waals surface area contributed by atoms with Crippen LogP contribution in [0.25, 0.3) is 0 Å². The largest absolute Gasteiger partial charge is 0.497 e. The maximum atomic E-state index is 5.84. The summed E-state index contributed by atoms with van der Waals surface area (Å²) in [6.45, 7) is 4.00. The Labute approximate surface area is 108 Å². The molecule has 2 N–H and O–H groups in total. The Morgan fingerprint density at radius 3 is 2.11 bits per heavy atom. The van der Waals surface area contributed by atoms with Gasteiger partial charge in [0.15, 0.2) is 5.75 Å². The highest BCUT2D eigenvalue weighted by Crippen LogP contribution is 2.30. The van der Waals surface area contributed by atoms with E-state index in [2.05, 4.69) is 0 Å². The molecule has 0 saturated carbocycles. The Balaban J connectivity index is 0.000000771. The maximum absolute atomic E-state index is 5.84. The van der Waals surface area contributed by atoms with Gasteiger partial charge in [-0.1, -0.05) is 32.0 Å². The summed E-state index contributed by atoms with van der Waals surface area (Å²) in [6, 6.07) is 14.9. The van der Waals surface area contributed by atoms with Gasteiger partial charge in [-0.15, -0.1) is 0 Å². The van der Waals surface area contributed by atoms with Gasteiger partial charge in [-0.2, -0.15) is 0 Å². The first-order valence-corrected chi connectivity index (χ1v) is 5.96. The van der Waals surface area contributed by atoms with Crippen LogP contribution in [-0.2, 0) is 0 Å². The lowest BCUT2D eigenvalue weighted by Gasteiger charge is -2.09. The molecule has 3 nitrogen and oxygen atoms in total. The van der Waals surface area contributed by atoms with Crippen LogP contribution in [0.1, 0.15) is 13.8 Å². The third kappa shape index (κ3) is 3.70. The van der Waals surface area contributed by atoms with Gasteiger partial charge in [0.2, 0.25) is 0 Å². The molecule has 0 heterocycles. The molecule has 18 heavy (non-hydrogen) atoms. The van der Waals surface area contributed by atoms with Crippen LogP contribution in [0.2, 0.25) is 0 Å². The van der Waals surface area contributed by atoms with E-state index in [0.717, 1.165) is 11.5 Å². The standard InChI is InChI=1S/C13H13NO2.C2H6/c1-15-11-7-8-13(12(14)9-11)16-10-5-3-2-4-6-10;1-2/h2-9H,14H2,1H3;1-2H3. The summed E-state index contributed by atoms with van der Waals surface area (Å²) in [4.78, 5) is 0. The number of nitrogen functional groups attached to an aromatic ring is 1. The van der Waals surface area contributed by atoms with Gasteiger partial charge in [0.25, 0.3) is 0 Å². The first kappa shape index (κ1) is 13.9. The molecule has 3 heteroatoms. The first-order valence-electron chi connectivity index (χ1n) is 5.96. The smallest absolute Gasteiger partial charge is 0.150 e. The Morgan fingerprint density at radius 2 is 1.56 bits per heavy atom. The Bertz CT molecular complexity index is 469. The van der Waals surface area contributed by atoms with Gasteiger partial charge in [-0.25, -0.2) is 0 Å². The third-order valence-corrected chi connectivity index (χ3v) is 2.19. The number of hydrogen-bond acceptors (Lipinski definition) is 3. The van der Waals surface area contributed by atoms with E-state index in [0.29, 0.717) is 11.4 Å². The van der Waals surface area contributed by atoms with Gasteiger partial charge in [-0.05, 0) is 24.3 Å². The lowest BCUT2D eigenvalue weighted by molar-refractivity contribution is 0.413. The number of rotatable bonds is 3. The van der Waals surface area contributed by atoms with Gasteiger partial charge >= 0.3 is 0 Å². The van der Waals surface area contributed by atoms with Crippen LogP contribution in [0.15, 0.2) is 48.5 Å². The Hall–Kier alpha value is -2.16. The zero-order valence-electron chi connectivity index (χ0n) is 11.0. The molecule has 0 aliphatic rings. The minimum Gasteiger partial charge on any atom is -0.497 e. The summed E-state index contributed by atoms with van der Waals surface area (Å²) < 4.78 is 10.7. The van der Waals surface area contributed by atoms with Crippen molar-refractivity contribution in [3.63, 3.8) is 0 Å². The third-order valence-electron chi connectivity index (χ3n) is 2.19. The molecular weight excluding hydrogens is 226 g/mol. The molecule has 96 valence electrons. The fourth-order valence-corrected chi connectivity index (χ4v) is 1.36. The van der Waals surface area contributed by atoms with Gasteiger partial charge in [0, 0.05) is 6.07 Å². The molecule has 0 fully saturated rings. The van der Waals surface area contributed by atoms with Crippen molar-refractivity contribution in [2.45, 2.75) is 13.8 Å². The van der Waals surface area contributed by atoms with E-state index >= 15 is 0 Å². The fourth-order valence-electron chi connectivity index (χ4n) is 1.36. The van der Waals surface area contributed by atoms with Gasteiger partial charge < -0.3 is 15.2 Å². The SMILES string of the molecule is CC.COc1ccc(Oc2ccccc2)c(N)c1. The average Bonchev–Trinajstić information content (AvgIpc) is 2.44. The molecule has 2 aromatic rings. The van der Waals surface area contributed by atoms with E-state index in [1.165, 1.54) is 0 Å². The summed E-state index contributed by atoms with van der Waals surface area (Å²) >= 11 is 0. The van der Waals surface area contributed by atoms with Crippen LogP contribution in [0, 0.1) is 0 Å². The highest BCUT2D eigenvalue weighted by Gasteiger charge is 2.03. The molecule has 0 radical (unpaired) electrons. The number of hydrogen-bond donors (Lipinski definition) is 1. The second-order valence-corrected chi connectivity index (χ2v) is 3.32. The van der Waals surface area contributed by atoms with Crippen molar-refractivity contribution in [2.75, 3.05) is 12.8 Å². The van der Waals surface area contributed by atoms with Crippen molar-refractivity contribution < 1.29 is 9.47 Å². The Morgan fingerprint density at radius 1 is 0.889 bits per heavy atom. The lowest BCUT2D eigenvalue weighted by atomic mass is 10.3. The van der Waals surface area contributed by atoms with Crippen LogP contribution in [0.4, 0.5) is 5.69 Å². The van der Waals surface area contributed by atoms with E-state index < -0.39 is 0 Å². The number of benzene rings is 2. The number of para-hydroxylation sites is 1. The molecule has 2 rings (SSSR count). The fraction of sp³-hybridized carbons (Fsp3) is 0.200. The summed E-state index contributed by atoms with van der Waals surface area (Å²) in [5.74, 6) is 2.12. The minimum absolute atomic E-state index is 0.559. The van der Waals surface area contributed by atoms with E-state index in [4.69, 9.17) is 15.2 Å². The van der Waals surface area contributed by atoms with Crippen LogP contribution < -0.4 is 15.2 Å². The zero-order valence-corrected chi connectivity index (χ0v) is 11.0. The number of nitrogens with two attached hydrogens (primary N) is 1. The minimum atomic E-state index is 0.559. The summed E-state index contributed by atoms with van der Waals surface area (Å²) in [5, 5.41) is 0. The van der Waals surface area contributed by atoms with Gasteiger partial charge in [-0.3, -0.25) is 0 Å². The monoisotopic (exact) mass is 245 g/mol. The second-order valence-electron chi connectivity index (χ2n) is 3.32. The van der Waals surface area contributed by atoms with Crippen molar-refractivity contribution >= 4 is 5.69 Å². The number of methoxy groups -OCH3 is 1. The van der Waals surface area contributed by atoms with Gasteiger partial charge in [0.1, 0.15) is 11.5 Å². The maximum Gasteiger partial charge on any atom is 0.150 e. The highest BCUT2D eigenvalue weighted by atomic mass is 16.5. The van der Waals surface area contributed by atoms with Crippen LogP contribution in [0.3, 0.4) is 0 Å². The summed E-state index contributed by atoms with van der Waals surface area (Å²) in [5.41, 5.74) is 6.40. The molecular formula is C15H19NO2. The molecule has 0 amide bonds. The molecule has 0 bridgehead atoms. The number of anilines is 1. The normalized spacial score (nSPS) is 9.06. The van der Waals surface area contributed by atoms with Crippen LogP contribution >= 0.6 is 0 Å². The zero-order chi connectivity index (χ0) is 13.4. The topological polar surface area (TPSA) is 44.5 Å². The molecule has 2 aromatic carbocycles. The molecule has 0 saturated heterocycles. The van der Waals surface area contributed by atoms with Crippen molar-refractivity contribution in [3.05, 3.63) is 48.5 Å². The van der Waals surface area contributed by atoms with Crippen LogP contribution in [-0.4, -0.2) is 7.11 Å². The summed E-state index contributed by atoms with van der Waals surface area (Å²) in [6.07, 6.45) is 0. The van der Waals surface area contributed by atoms with Crippen molar-refractivity contribution in [2.24, 2.45) is 0 Å². The molecule has 0 aliphatic heterocycles. The predicted octanol–water partition coefficient (Wildman–Crippen LogP) is 4.10. The first-order chi connectivity index (χ1) is 8.79. The molecule has 0 aliphatic carbocycles. The average molecular weight is 245 g/mol. The molecule has 0 atom stereocenters. The van der Waals surface area contributed by atoms with E-state index in [9.17, 15) is 0 Å². The van der Waals surface area contributed by atoms with Gasteiger partial charge in [0.05, 0.1) is 12.8 Å². The molecule has 0 spiro atoms. The molecule has 0 aromatic heterocycles. The summed E-state index contributed by atoms with van der Waals surface area (Å²) in [7, 11) is 1.60. The van der Waals surface area contributed by atoms with Crippen molar-refractivity contribution in [3.8, 4) is 17.2 Å². The van der Waals surface area contributed by atoms with Crippen molar-refractivity contribution in [1.82, 2.24) is 0 Å². The lowest BCUT2D eigenvalue weighted by Crippen LogP contribution is -1.93. The molecule has 0 unspecified atom stereocenters. The predicted molar refractivity (Wildman–Crippen MR) is 75.3 cm³/mol. The van der Waals surface area contributed by atoms with E-state index in [1.807, 2.05) is 50.2 Å². The Kier molecular flexibility index (Phi) is 5.58. The van der Waals surface area contributed by atoms with E-state index in [1.54, 1.807) is 19.2 Å². The number of ether oxygens (including phenoxy) is 2. The van der Waals surface area contributed by atoms with Crippen molar-refractivity contribution in [1.29, 1.82) is 0 Å². The quantitative estimate of drug-likeness (QED) is 0.828.